The third-order valence-electron chi connectivity index (χ3n) is 6.20. The lowest BCUT2D eigenvalue weighted by molar-refractivity contribution is -0.0938. The normalized spacial score (nSPS) is 26.5. The molecule has 2 saturated heterocycles. The van der Waals surface area contributed by atoms with Crippen molar-refractivity contribution in [1.29, 1.82) is 0 Å². The number of carbonyl (C=O) groups excluding carboxylic acids is 1. The number of sulfone groups is 1. The Morgan fingerprint density at radius 3 is 2.42 bits per heavy atom. The van der Waals surface area contributed by atoms with Gasteiger partial charge in [0.05, 0.1) is 18.1 Å². The van der Waals surface area contributed by atoms with Crippen molar-refractivity contribution in [2.24, 2.45) is 17.3 Å². The number of hydrogen-bond donors (Lipinski definition) is 1. The van der Waals surface area contributed by atoms with Crippen molar-refractivity contribution >= 4 is 15.9 Å². The summed E-state index contributed by atoms with van der Waals surface area (Å²) in [5.41, 5.74) is 0.183. The molecule has 2 heterocycles. The summed E-state index contributed by atoms with van der Waals surface area (Å²) in [6, 6.07) is 0.0180. The molecule has 1 saturated carbocycles. The van der Waals surface area contributed by atoms with Gasteiger partial charge in [-0.3, -0.25) is 0 Å². The van der Waals surface area contributed by atoms with Gasteiger partial charge in [-0.25, -0.2) is 13.2 Å². The van der Waals surface area contributed by atoms with Gasteiger partial charge in [0.25, 0.3) is 0 Å². The molecule has 1 N–H and O–H groups in total. The maximum atomic E-state index is 12.3. The molecule has 138 valence electrons. The van der Waals surface area contributed by atoms with Crippen LogP contribution in [0.5, 0.6) is 0 Å². The number of carbonyl (C=O) groups is 1. The number of methoxy groups -OCH3 is 1. The largest absolute Gasteiger partial charge is 0.384 e. The summed E-state index contributed by atoms with van der Waals surface area (Å²) in [5.74, 6) is 1.75. The third-order valence-corrected chi connectivity index (χ3v) is 7.92. The molecule has 0 spiro atoms. The number of likely N-dealkylation sites (tertiary alicyclic amines) is 1. The molecule has 0 radical (unpaired) electrons. The zero-order chi connectivity index (χ0) is 17.2. The number of rotatable bonds is 6. The average Bonchev–Trinajstić information content (AvgIpc) is 2.44. The molecule has 3 aliphatic rings. The van der Waals surface area contributed by atoms with Crippen molar-refractivity contribution in [2.45, 2.75) is 38.5 Å². The van der Waals surface area contributed by atoms with E-state index in [1.54, 1.807) is 7.11 Å². The Labute approximate surface area is 145 Å². The van der Waals surface area contributed by atoms with Crippen LogP contribution in [0.15, 0.2) is 0 Å². The van der Waals surface area contributed by atoms with E-state index in [1.807, 2.05) is 4.90 Å². The van der Waals surface area contributed by atoms with E-state index in [2.05, 4.69) is 5.32 Å². The lowest BCUT2D eigenvalue weighted by Gasteiger charge is -2.56. The van der Waals surface area contributed by atoms with E-state index in [4.69, 9.17) is 4.74 Å². The van der Waals surface area contributed by atoms with Gasteiger partial charge in [0.15, 0.2) is 0 Å². The van der Waals surface area contributed by atoms with Crippen molar-refractivity contribution in [3.63, 3.8) is 0 Å². The highest BCUT2D eigenvalue weighted by Gasteiger charge is 2.51. The topological polar surface area (TPSA) is 75.7 Å². The summed E-state index contributed by atoms with van der Waals surface area (Å²) in [6.45, 7) is 3.00. The smallest absolute Gasteiger partial charge is 0.317 e. The Kier molecular flexibility index (Phi) is 5.39. The van der Waals surface area contributed by atoms with Gasteiger partial charge in [-0.1, -0.05) is 6.42 Å². The van der Waals surface area contributed by atoms with E-state index >= 15 is 0 Å². The second-order valence-corrected chi connectivity index (χ2v) is 10.2. The van der Waals surface area contributed by atoms with Crippen LogP contribution in [0, 0.1) is 17.3 Å². The summed E-state index contributed by atoms with van der Waals surface area (Å²) >= 11 is 0. The molecule has 3 fully saturated rings. The Morgan fingerprint density at radius 1 is 1.21 bits per heavy atom. The average molecular weight is 359 g/mol. The van der Waals surface area contributed by atoms with Crippen molar-refractivity contribution < 1.29 is 17.9 Å². The fraction of sp³-hybridized carbons (Fsp3) is 0.941. The van der Waals surface area contributed by atoms with Gasteiger partial charge in [0, 0.05) is 32.2 Å². The minimum absolute atomic E-state index is 0.0180. The standard InChI is InChI=1S/C17H30N2O4S/c1-23-13-17(15-3-2-4-15)11-19(12-17)16(20)18-8-5-14-6-9-24(21,22)10-7-14/h14-15H,2-13H2,1H3,(H,18,20). The Hall–Kier alpha value is -0.820. The van der Waals surface area contributed by atoms with E-state index in [0.717, 1.165) is 39.0 Å². The number of urea groups is 1. The molecule has 0 unspecified atom stereocenters. The summed E-state index contributed by atoms with van der Waals surface area (Å²) in [7, 11) is -1.05. The third kappa shape index (κ3) is 3.87. The van der Waals surface area contributed by atoms with E-state index in [1.165, 1.54) is 19.3 Å². The number of amides is 2. The first-order chi connectivity index (χ1) is 11.4. The van der Waals surface area contributed by atoms with Crippen LogP contribution in [-0.4, -0.2) is 64.2 Å². The Bertz CT molecular complexity index is 539. The predicted molar refractivity (Wildman–Crippen MR) is 92.6 cm³/mol. The van der Waals surface area contributed by atoms with E-state index in [-0.39, 0.29) is 11.4 Å². The second-order valence-electron chi connectivity index (χ2n) is 7.90. The number of ether oxygens (including phenoxy) is 1. The van der Waals surface area contributed by atoms with Gasteiger partial charge < -0.3 is 15.0 Å². The highest BCUT2D eigenvalue weighted by atomic mass is 32.2. The quantitative estimate of drug-likeness (QED) is 0.783. The number of nitrogens with zero attached hydrogens (tertiary/aromatic N) is 1. The maximum Gasteiger partial charge on any atom is 0.317 e. The van der Waals surface area contributed by atoms with Gasteiger partial charge in [0.2, 0.25) is 0 Å². The molecule has 2 aliphatic heterocycles. The molecule has 24 heavy (non-hydrogen) atoms. The lowest BCUT2D eigenvalue weighted by atomic mass is 9.61. The molecule has 0 aromatic heterocycles. The van der Waals surface area contributed by atoms with Crippen molar-refractivity contribution in [3.8, 4) is 0 Å². The molecule has 3 rings (SSSR count). The number of hydrogen-bond acceptors (Lipinski definition) is 4. The zero-order valence-corrected chi connectivity index (χ0v) is 15.4. The van der Waals surface area contributed by atoms with Crippen LogP contribution in [0.1, 0.15) is 38.5 Å². The maximum absolute atomic E-state index is 12.3. The van der Waals surface area contributed by atoms with E-state index < -0.39 is 9.84 Å². The molecule has 0 aromatic carbocycles. The van der Waals surface area contributed by atoms with E-state index in [0.29, 0.717) is 29.9 Å². The summed E-state index contributed by atoms with van der Waals surface area (Å²) in [6.07, 6.45) is 6.19. The lowest BCUT2D eigenvalue weighted by Crippen LogP contribution is -2.66. The van der Waals surface area contributed by atoms with Gasteiger partial charge in [-0.15, -0.1) is 0 Å². The highest BCUT2D eigenvalue weighted by Crippen LogP contribution is 2.48. The van der Waals surface area contributed by atoms with Crippen LogP contribution in [0.25, 0.3) is 0 Å². The Balaban J connectivity index is 1.36. The van der Waals surface area contributed by atoms with Gasteiger partial charge in [-0.05, 0) is 43.9 Å². The van der Waals surface area contributed by atoms with Crippen LogP contribution in [-0.2, 0) is 14.6 Å². The first-order valence-corrected chi connectivity index (χ1v) is 11.0. The van der Waals surface area contributed by atoms with E-state index in [9.17, 15) is 13.2 Å². The SMILES string of the molecule is COCC1(C2CCC2)CN(C(=O)NCCC2CCS(=O)(=O)CC2)C1. The summed E-state index contributed by atoms with van der Waals surface area (Å²) in [4.78, 5) is 14.2. The molecule has 1 aliphatic carbocycles. The van der Waals surface area contributed by atoms with Crippen LogP contribution in [0.3, 0.4) is 0 Å². The molecular formula is C17H30N2O4S. The zero-order valence-electron chi connectivity index (χ0n) is 14.6. The fourth-order valence-electron chi connectivity index (χ4n) is 4.36. The molecule has 2 amide bonds. The first kappa shape index (κ1) is 18.0. The van der Waals surface area contributed by atoms with Crippen LogP contribution in [0.4, 0.5) is 4.79 Å². The molecule has 0 aromatic rings. The molecule has 0 atom stereocenters. The van der Waals surface area contributed by atoms with Crippen LogP contribution < -0.4 is 5.32 Å². The van der Waals surface area contributed by atoms with Gasteiger partial charge >= 0.3 is 6.03 Å². The molecule has 7 heteroatoms. The van der Waals surface area contributed by atoms with Gasteiger partial charge in [0.1, 0.15) is 9.84 Å². The van der Waals surface area contributed by atoms with Crippen molar-refractivity contribution in [2.75, 3.05) is 44.9 Å². The highest BCUT2D eigenvalue weighted by molar-refractivity contribution is 7.91. The minimum atomic E-state index is -2.80. The molecule has 6 nitrogen and oxygen atoms in total. The summed E-state index contributed by atoms with van der Waals surface area (Å²) in [5, 5.41) is 3.00. The predicted octanol–water partition coefficient (Wildman–Crippen LogP) is 1.66. The van der Waals surface area contributed by atoms with Crippen LogP contribution in [0.2, 0.25) is 0 Å². The fourth-order valence-corrected chi connectivity index (χ4v) is 5.94. The van der Waals surface area contributed by atoms with Crippen molar-refractivity contribution in [1.82, 2.24) is 10.2 Å². The first-order valence-electron chi connectivity index (χ1n) is 9.16. The molecular weight excluding hydrogens is 328 g/mol. The Morgan fingerprint density at radius 2 is 1.88 bits per heavy atom. The van der Waals surface area contributed by atoms with Crippen molar-refractivity contribution in [3.05, 3.63) is 0 Å². The monoisotopic (exact) mass is 358 g/mol. The number of nitrogens with one attached hydrogen (secondary N) is 1. The van der Waals surface area contributed by atoms with Crippen LogP contribution >= 0.6 is 0 Å². The second kappa shape index (κ2) is 7.20. The minimum Gasteiger partial charge on any atom is -0.384 e. The van der Waals surface area contributed by atoms with Gasteiger partial charge in [-0.2, -0.15) is 0 Å². The summed E-state index contributed by atoms with van der Waals surface area (Å²) < 4.78 is 28.3. The molecule has 0 bridgehead atoms.